The Labute approximate surface area is 145 Å². The number of hydrogen-bond acceptors (Lipinski definition) is 4. The second-order valence-corrected chi connectivity index (χ2v) is 6.13. The normalized spacial score (nSPS) is 14.3. The van der Waals surface area contributed by atoms with Gasteiger partial charge in [0.05, 0.1) is 0 Å². The van der Waals surface area contributed by atoms with Crippen LogP contribution in [0.2, 0.25) is 0 Å². The van der Waals surface area contributed by atoms with Crippen LogP contribution in [-0.2, 0) is 0 Å². The lowest BCUT2D eigenvalue weighted by atomic mass is 10.1. The lowest BCUT2D eigenvalue weighted by molar-refractivity contribution is 0.354. The van der Waals surface area contributed by atoms with Gasteiger partial charge in [0.25, 0.3) is 0 Å². The monoisotopic (exact) mass is 333 g/mol. The predicted molar refractivity (Wildman–Crippen MR) is 91.1 cm³/mol. The van der Waals surface area contributed by atoms with E-state index < -0.39 is 0 Å². The first-order valence-electron chi connectivity index (χ1n) is 8.35. The maximum Gasteiger partial charge on any atom is 0.230 e. The molecule has 1 aliphatic carbocycles. The van der Waals surface area contributed by atoms with E-state index in [4.69, 9.17) is 4.52 Å². The van der Waals surface area contributed by atoms with Crippen LogP contribution in [0.25, 0.3) is 11.5 Å². The second-order valence-electron chi connectivity index (χ2n) is 6.13. The molecule has 4 rings (SSSR count). The summed E-state index contributed by atoms with van der Waals surface area (Å²) in [5, 5.41) is 4.04. The Morgan fingerprint density at radius 1 is 1.04 bits per heavy atom. The van der Waals surface area contributed by atoms with Crippen molar-refractivity contribution in [2.45, 2.75) is 31.6 Å². The van der Waals surface area contributed by atoms with Gasteiger partial charge in [-0.2, -0.15) is 4.98 Å². The fraction of sp³-hybridized carbons (Fsp3) is 0.250. The molecule has 3 aromatic rings. The first-order chi connectivity index (χ1) is 12.3. The molecule has 0 N–H and O–H groups in total. The molecule has 0 atom stereocenters. The lowest BCUT2D eigenvalue weighted by Crippen LogP contribution is -1.92. The minimum Gasteiger partial charge on any atom is -0.339 e. The van der Waals surface area contributed by atoms with Gasteiger partial charge >= 0.3 is 0 Å². The summed E-state index contributed by atoms with van der Waals surface area (Å²) in [7, 11) is 0. The molecular weight excluding hydrogens is 317 g/mol. The van der Waals surface area contributed by atoms with E-state index in [0.29, 0.717) is 28.9 Å². The van der Waals surface area contributed by atoms with E-state index in [1.165, 1.54) is 25.0 Å². The molecule has 0 aliphatic heterocycles. The summed E-state index contributed by atoms with van der Waals surface area (Å²) in [6.07, 6.45) is 6.33. The SMILES string of the molecule is Fc1cccc(C#Cc2ccc(-c3noc(C4CCCC4)n3)nc2)c1. The summed E-state index contributed by atoms with van der Waals surface area (Å²) in [5.74, 6) is 7.20. The maximum absolute atomic E-state index is 13.1. The van der Waals surface area contributed by atoms with Crippen LogP contribution in [-0.4, -0.2) is 15.1 Å². The fourth-order valence-electron chi connectivity index (χ4n) is 2.99. The van der Waals surface area contributed by atoms with E-state index in [2.05, 4.69) is 27.0 Å². The molecule has 1 saturated carbocycles. The summed E-state index contributed by atoms with van der Waals surface area (Å²) in [4.78, 5) is 8.83. The second kappa shape index (κ2) is 6.86. The van der Waals surface area contributed by atoms with Crippen LogP contribution < -0.4 is 0 Å². The molecule has 5 heteroatoms. The van der Waals surface area contributed by atoms with Crippen molar-refractivity contribution in [3.63, 3.8) is 0 Å². The average molecular weight is 333 g/mol. The standard InChI is InChI=1S/C20H16FN3O/c21-17-7-3-4-14(12-17)8-9-15-10-11-18(22-13-15)19-23-20(25-24-19)16-5-1-2-6-16/h3-4,7,10-13,16H,1-2,5-6H2. The highest BCUT2D eigenvalue weighted by atomic mass is 19.1. The van der Waals surface area contributed by atoms with Gasteiger partial charge < -0.3 is 4.52 Å². The zero-order chi connectivity index (χ0) is 17.1. The molecule has 1 aliphatic rings. The fourth-order valence-corrected chi connectivity index (χ4v) is 2.99. The van der Waals surface area contributed by atoms with Crippen LogP contribution in [0, 0.1) is 17.7 Å². The molecule has 1 fully saturated rings. The third-order valence-corrected chi connectivity index (χ3v) is 4.31. The molecule has 4 nitrogen and oxygen atoms in total. The van der Waals surface area contributed by atoms with Gasteiger partial charge in [-0.3, -0.25) is 4.98 Å². The minimum absolute atomic E-state index is 0.296. The summed E-state index contributed by atoms with van der Waals surface area (Å²) in [5.41, 5.74) is 2.03. The molecule has 0 radical (unpaired) electrons. The van der Waals surface area contributed by atoms with E-state index in [1.54, 1.807) is 18.3 Å². The van der Waals surface area contributed by atoms with Gasteiger partial charge in [-0.15, -0.1) is 0 Å². The minimum atomic E-state index is -0.296. The molecule has 1 aromatic carbocycles. The van der Waals surface area contributed by atoms with Gasteiger partial charge in [-0.05, 0) is 43.2 Å². The van der Waals surface area contributed by atoms with Crippen molar-refractivity contribution in [1.82, 2.24) is 15.1 Å². The van der Waals surface area contributed by atoms with Crippen molar-refractivity contribution in [1.29, 1.82) is 0 Å². The van der Waals surface area contributed by atoms with Gasteiger partial charge in [0.2, 0.25) is 11.7 Å². The molecular formula is C20H16FN3O. The van der Waals surface area contributed by atoms with Gasteiger partial charge in [0.15, 0.2) is 0 Å². The molecule has 2 heterocycles. The molecule has 0 saturated heterocycles. The van der Waals surface area contributed by atoms with Gasteiger partial charge in [0, 0.05) is 23.2 Å². The number of pyridine rings is 1. The molecule has 25 heavy (non-hydrogen) atoms. The first-order valence-corrected chi connectivity index (χ1v) is 8.35. The van der Waals surface area contributed by atoms with Crippen LogP contribution in [0.15, 0.2) is 47.1 Å². The Morgan fingerprint density at radius 2 is 1.88 bits per heavy atom. The zero-order valence-corrected chi connectivity index (χ0v) is 13.6. The van der Waals surface area contributed by atoms with E-state index >= 15 is 0 Å². The average Bonchev–Trinajstić information content (AvgIpc) is 3.32. The summed E-state index contributed by atoms with van der Waals surface area (Å²) < 4.78 is 18.5. The van der Waals surface area contributed by atoms with E-state index in [0.717, 1.165) is 18.4 Å². The highest BCUT2D eigenvalue weighted by molar-refractivity contribution is 5.51. The Morgan fingerprint density at radius 3 is 2.64 bits per heavy atom. The van der Waals surface area contributed by atoms with Crippen molar-refractivity contribution in [2.75, 3.05) is 0 Å². The number of halogens is 1. The third kappa shape index (κ3) is 3.58. The summed E-state index contributed by atoms with van der Waals surface area (Å²) in [6, 6.07) is 9.87. The number of rotatable bonds is 2. The van der Waals surface area contributed by atoms with Gasteiger partial charge in [0.1, 0.15) is 11.5 Å². The number of hydrogen-bond donors (Lipinski definition) is 0. The Bertz CT molecular complexity index is 931. The van der Waals surface area contributed by atoms with E-state index in [9.17, 15) is 4.39 Å². The highest BCUT2D eigenvalue weighted by Crippen LogP contribution is 2.33. The van der Waals surface area contributed by atoms with Crippen molar-refractivity contribution in [3.8, 4) is 23.4 Å². The van der Waals surface area contributed by atoms with Crippen LogP contribution in [0.5, 0.6) is 0 Å². The predicted octanol–water partition coefficient (Wildman–Crippen LogP) is 4.33. The van der Waals surface area contributed by atoms with Gasteiger partial charge in [-0.1, -0.05) is 35.9 Å². The number of benzene rings is 1. The molecule has 0 bridgehead atoms. The smallest absolute Gasteiger partial charge is 0.230 e. The van der Waals surface area contributed by atoms with Crippen molar-refractivity contribution in [2.24, 2.45) is 0 Å². The molecule has 124 valence electrons. The van der Waals surface area contributed by atoms with Crippen LogP contribution in [0.1, 0.15) is 48.6 Å². The molecule has 0 unspecified atom stereocenters. The van der Waals surface area contributed by atoms with Crippen molar-refractivity contribution >= 4 is 0 Å². The highest BCUT2D eigenvalue weighted by Gasteiger charge is 2.23. The Kier molecular flexibility index (Phi) is 4.26. The van der Waals surface area contributed by atoms with Gasteiger partial charge in [-0.25, -0.2) is 4.39 Å². The summed E-state index contributed by atoms with van der Waals surface area (Å²) in [6.45, 7) is 0. The maximum atomic E-state index is 13.1. The molecule has 0 amide bonds. The Hall–Kier alpha value is -3.00. The van der Waals surface area contributed by atoms with Crippen molar-refractivity contribution in [3.05, 3.63) is 65.4 Å². The lowest BCUT2D eigenvalue weighted by Gasteiger charge is -1.99. The van der Waals surface area contributed by atoms with Crippen LogP contribution in [0.4, 0.5) is 4.39 Å². The topological polar surface area (TPSA) is 51.8 Å². The third-order valence-electron chi connectivity index (χ3n) is 4.31. The van der Waals surface area contributed by atoms with Crippen LogP contribution >= 0.6 is 0 Å². The summed E-state index contributed by atoms with van der Waals surface area (Å²) >= 11 is 0. The van der Waals surface area contributed by atoms with E-state index in [1.807, 2.05) is 12.1 Å². The first kappa shape index (κ1) is 15.5. The van der Waals surface area contributed by atoms with Crippen molar-refractivity contribution < 1.29 is 8.91 Å². The number of aromatic nitrogens is 3. The Balaban J connectivity index is 1.50. The number of nitrogens with zero attached hydrogens (tertiary/aromatic N) is 3. The zero-order valence-electron chi connectivity index (χ0n) is 13.6. The molecule has 0 spiro atoms. The largest absolute Gasteiger partial charge is 0.339 e. The van der Waals surface area contributed by atoms with E-state index in [-0.39, 0.29) is 5.82 Å². The van der Waals surface area contributed by atoms with Crippen LogP contribution in [0.3, 0.4) is 0 Å². The molecule has 2 aromatic heterocycles. The quantitative estimate of drug-likeness (QED) is 0.655.